The second kappa shape index (κ2) is 3.89. The Kier molecular flexibility index (Phi) is 2.43. The number of hydrogen-bond donors (Lipinski definition) is 4. The van der Waals surface area contributed by atoms with Crippen LogP contribution in [0.15, 0.2) is 12.1 Å². The fourth-order valence-electron chi connectivity index (χ4n) is 4.99. The molecule has 1 saturated carbocycles. The Balaban J connectivity index is 2.00. The summed E-state index contributed by atoms with van der Waals surface area (Å²) in [4.78, 5) is 0. The first-order valence-electron chi connectivity index (χ1n) is 7.58. The molecule has 0 unspecified atom stereocenters. The predicted octanol–water partition coefficient (Wildman–Crippen LogP) is 1.56. The molecule has 2 bridgehead atoms. The Bertz CT molecular complexity index is 569. The molecule has 3 aliphatic rings. The SMILES string of the molecule is Oc1cc(O)c2c(c1)[C@@]13CCCC[C@@]1(O)[C@@H](C2)NCC3. The van der Waals surface area contributed by atoms with Gasteiger partial charge >= 0.3 is 0 Å². The first kappa shape index (κ1) is 12.5. The van der Waals surface area contributed by atoms with Gasteiger partial charge in [0.15, 0.2) is 0 Å². The lowest BCUT2D eigenvalue weighted by molar-refractivity contribution is -0.124. The van der Waals surface area contributed by atoms with Crippen LogP contribution in [0.2, 0.25) is 0 Å². The van der Waals surface area contributed by atoms with Gasteiger partial charge in [-0.15, -0.1) is 0 Å². The zero-order valence-electron chi connectivity index (χ0n) is 11.5. The van der Waals surface area contributed by atoms with E-state index in [-0.39, 0.29) is 23.0 Å². The molecule has 2 fully saturated rings. The van der Waals surface area contributed by atoms with Crippen LogP contribution in [0, 0.1) is 0 Å². The quantitative estimate of drug-likeness (QED) is 0.580. The number of piperidine rings is 1. The molecule has 4 heteroatoms. The third kappa shape index (κ3) is 1.33. The summed E-state index contributed by atoms with van der Waals surface area (Å²) in [6.45, 7) is 0.892. The van der Waals surface area contributed by atoms with Crippen molar-refractivity contribution < 1.29 is 15.3 Å². The first-order valence-corrected chi connectivity index (χ1v) is 7.58. The van der Waals surface area contributed by atoms with Gasteiger partial charge in [-0.2, -0.15) is 0 Å². The van der Waals surface area contributed by atoms with Gasteiger partial charge in [-0.3, -0.25) is 0 Å². The van der Waals surface area contributed by atoms with Gasteiger partial charge in [-0.25, -0.2) is 0 Å². The maximum absolute atomic E-state index is 11.4. The average molecular weight is 275 g/mol. The van der Waals surface area contributed by atoms with E-state index in [1.807, 2.05) is 0 Å². The topological polar surface area (TPSA) is 72.7 Å². The number of rotatable bonds is 0. The smallest absolute Gasteiger partial charge is 0.122 e. The highest BCUT2D eigenvalue weighted by atomic mass is 16.3. The summed E-state index contributed by atoms with van der Waals surface area (Å²) in [5.41, 5.74) is 0.850. The highest BCUT2D eigenvalue weighted by Crippen LogP contribution is 2.57. The highest BCUT2D eigenvalue weighted by molar-refractivity contribution is 5.54. The molecule has 2 aliphatic carbocycles. The van der Waals surface area contributed by atoms with E-state index in [1.165, 1.54) is 6.07 Å². The van der Waals surface area contributed by atoms with Gasteiger partial charge in [0.25, 0.3) is 0 Å². The van der Waals surface area contributed by atoms with E-state index < -0.39 is 5.60 Å². The number of benzene rings is 1. The van der Waals surface area contributed by atoms with Crippen molar-refractivity contribution >= 4 is 0 Å². The van der Waals surface area contributed by atoms with Gasteiger partial charge in [-0.05, 0) is 49.4 Å². The molecule has 4 rings (SSSR count). The van der Waals surface area contributed by atoms with Crippen LogP contribution in [0.1, 0.15) is 43.2 Å². The lowest BCUT2D eigenvalue weighted by Crippen LogP contribution is -2.71. The molecule has 0 aromatic heterocycles. The Labute approximate surface area is 118 Å². The molecule has 1 saturated heterocycles. The molecular weight excluding hydrogens is 254 g/mol. The van der Waals surface area contributed by atoms with E-state index in [9.17, 15) is 15.3 Å². The van der Waals surface area contributed by atoms with Crippen LogP contribution in [0.5, 0.6) is 11.5 Å². The molecule has 0 amide bonds. The molecule has 1 aliphatic heterocycles. The van der Waals surface area contributed by atoms with Crippen LogP contribution in [-0.2, 0) is 11.8 Å². The maximum atomic E-state index is 11.4. The molecule has 108 valence electrons. The maximum Gasteiger partial charge on any atom is 0.122 e. The number of aliphatic hydroxyl groups is 1. The van der Waals surface area contributed by atoms with Gasteiger partial charge in [-0.1, -0.05) is 12.8 Å². The minimum absolute atomic E-state index is 0.0134. The fraction of sp³-hybridized carbons (Fsp3) is 0.625. The number of nitrogens with one attached hydrogen (secondary N) is 1. The van der Waals surface area contributed by atoms with E-state index >= 15 is 0 Å². The number of phenolic OH excluding ortho intramolecular Hbond substituents is 2. The second-order valence-corrected chi connectivity index (χ2v) is 6.67. The molecule has 3 atom stereocenters. The number of hydrogen-bond acceptors (Lipinski definition) is 4. The van der Waals surface area contributed by atoms with Crippen molar-refractivity contribution in [2.45, 2.75) is 55.6 Å². The van der Waals surface area contributed by atoms with Crippen LogP contribution in [0.4, 0.5) is 0 Å². The molecule has 1 aromatic carbocycles. The van der Waals surface area contributed by atoms with Crippen molar-refractivity contribution in [3.05, 3.63) is 23.3 Å². The fourth-order valence-corrected chi connectivity index (χ4v) is 4.99. The van der Waals surface area contributed by atoms with Crippen LogP contribution >= 0.6 is 0 Å². The van der Waals surface area contributed by atoms with Crippen molar-refractivity contribution in [1.29, 1.82) is 0 Å². The van der Waals surface area contributed by atoms with Gasteiger partial charge in [0.2, 0.25) is 0 Å². The summed E-state index contributed by atoms with van der Waals surface area (Å²) in [6.07, 6.45) is 5.41. The van der Waals surface area contributed by atoms with Gasteiger partial charge in [0.05, 0.1) is 5.60 Å². The Morgan fingerprint density at radius 2 is 1.90 bits per heavy atom. The van der Waals surface area contributed by atoms with Gasteiger partial charge < -0.3 is 20.6 Å². The number of aromatic hydroxyl groups is 2. The zero-order valence-corrected chi connectivity index (χ0v) is 11.5. The van der Waals surface area contributed by atoms with Crippen molar-refractivity contribution in [3.8, 4) is 11.5 Å². The first-order chi connectivity index (χ1) is 9.57. The average Bonchev–Trinajstić information content (AvgIpc) is 2.39. The van der Waals surface area contributed by atoms with Crippen LogP contribution < -0.4 is 5.32 Å². The Morgan fingerprint density at radius 3 is 2.75 bits per heavy atom. The van der Waals surface area contributed by atoms with Crippen LogP contribution in [-0.4, -0.2) is 33.5 Å². The van der Waals surface area contributed by atoms with Crippen LogP contribution in [0.25, 0.3) is 0 Å². The Hall–Kier alpha value is -1.26. The summed E-state index contributed by atoms with van der Waals surface area (Å²) >= 11 is 0. The minimum Gasteiger partial charge on any atom is -0.508 e. The summed E-state index contributed by atoms with van der Waals surface area (Å²) in [5, 5.41) is 34.9. The zero-order chi connectivity index (χ0) is 14.0. The molecular formula is C16H21NO3. The Morgan fingerprint density at radius 1 is 1.10 bits per heavy atom. The monoisotopic (exact) mass is 275 g/mol. The van der Waals surface area contributed by atoms with E-state index in [0.29, 0.717) is 6.42 Å². The lowest BCUT2D eigenvalue weighted by atomic mass is 9.50. The molecule has 1 heterocycles. The number of phenols is 2. The standard InChI is InChI=1S/C16H21NO3/c18-10-7-12-11(13(19)8-10)9-14-16(20)4-2-1-3-15(12,16)5-6-17-14/h7-8,14,17-20H,1-6,9H2/t14-,15+,16-/m1/s1. The molecule has 20 heavy (non-hydrogen) atoms. The summed E-state index contributed by atoms with van der Waals surface area (Å²) in [5.74, 6) is 0.265. The van der Waals surface area contributed by atoms with E-state index in [2.05, 4.69) is 5.32 Å². The second-order valence-electron chi connectivity index (χ2n) is 6.67. The third-order valence-electron chi connectivity index (χ3n) is 5.89. The predicted molar refractivity (Wildman–Crippen MR) is 75.0 cm³/mol. The van der Waals surface area contributed by atoms with E-state index in [1.54, 1.807) is 6.07 Å². The van der Waals surface area contributed by atoms with E-state index in [0.717, 1.165) is 49.8 Å². The highest BCUT2D eigenvalue weighted by Gasteiger charge is 2.61. The lowest BCUT2D eigenvalue weighted by Gasteiger charge is -2.61. The largest absolute Gasteiger partial charge is 0.508 e. The summed E-state index contributed by atoms with van der Waals surface area (Å²) in [7, 11) is 0. The number of fused-ring (bicyclic) bond motifs is 1. The molecule has 0 radical (unpaired) electrons. The van der Waals surface area contributed by atoms with Gasteiger partial charge in [0.1, 0.15) is 11.5 Å². The molecule has 4 nitrogen and oxygen atoms in total. The van der Waals surface area contributed by atoms with Crippen LogP contribution in [0.3, 0.4) is 0 Å². The van der Waals surface area contributed by atoms with Crippen molar-refractivity contribution in [3.63, 3.8) is 0 Å². The normalized spacial score (nSPS) is 39.0. The van der Waals surface area contributed by atoms with Gasteiger partial charge in [0, 0.05) is 17.5 Å². The molecule has 4 N–H and O–H groups in total. The van der Waals surface area contributed by atoms with Crippen molar-refractivity contribution in [1.82, 2.24) is 5.32 Å². The minimum atomic E-state index is -0.739. The summed E-state index contributed by atoms with van der Waals surface area (Å²) < 4.78 is 0. The summed E-state index contributed by atoms with van der Waals surface area (Å²) in [6, 6.07) is 3.20. The van der Waals surface area contributed by atoms with Crippen molar-refractivity contribution in [2.75, 3.05) is 6.54 Å². The molecule has 0 spiro atoms. The third-order valence-corrected chi connectivity index (χ3v) is 5.89. The van der Waals surface area contributed by atoms with E-state index in [4.69, 9.17) is 0 Å². The van der Waals surface area contributed by atoms with Crippen molar-refractivity contribution in [2.24, 2.45) is 0 Å². The molecule has 1 aromatic rings.